The Labute approximate surface area is 181 Å². The average molecular weight is 458 g/mol. The van der Waals surface area contributed by atoms with Gasteiger partial charge in [0.15, 0.2) is 5.79 Å². The van der Waals surface area contributed by atoms with E-state index in [0.29, 0.717) is 13.2 Å². The maximum atomic E-state index is 13.5. The molecule has 1 N–H and O–H groups in total. The zero-order valence-electron chi connectivity index (χ0n) is 16.6. The SMILES string of the molecule is O=C(NC1(c2ccccc2)CCC2(CC1)OCCO2)C(CCBr)c1ccccc1. The van der Waals surface area contributed by atoms with Crippen molar-refractivity contribution in [3.63, 3.8) is 0 Å². The molecule has 4 nitrogen and oxygen atoms in total. The van der Waals surface area contributed by atoms with E-state index in [1.807, 2.05) is 48.5 Å². The number of ether oxygens (including phenoxy) is 2. The molecular formula is C24H28BrNO3. The second-order valence-electron chi connectivity index (χ2n) is 7.99. The van der Waals surface area contributed by atoms with Crippen molar-refractivity contribution in [3.8, 4) is 0 Å². The largest absolute Gasteiger partial charge is 0.348 e. The highest BCUT2D eigenvalue weighted by molar-refractivity contribution is 9.09. The van der Waals surface area contributed by atoms with E-state index in [1.54, 1.807) is 0 Å². The van der Waals surface area contributed by atoms with Crippen molar-refractivity contribution in [1.29, 1.82) is 0 Å². The summed E-state index contributed by atoms with van der Waals surface area (Å²) in [5.41, 5.74) is 1.83. The van der Waals surface area contributed by atoms with Crippen LogP contribution in [-0.4, -0.2) is 30.2 Å². The number of benzene rings is 2. The minimum Gasteiger partial charge on any atom is -0.348 e. The summed E-state index contributed by atoms with van der Waals surface area (Å²) in [6, 6.07) is 20.4. The number of hydrogen-bond donors (Lipinski definition) is 1. The third-order valence-electron chi connectivity index (χ3n) is 6.28. The number of halogens is 1. The molecule has 0 radical (unpaired) electrons. The summed E-state index contributed by atoms with van der Waals surface area (Å²) >= 11 is 3.53. The molecule has 2 fully saturated rings. The van der Waals surface area contributed by atoms with Gasteiger partial charge in [0.1, 0.15) is 0 Å². The average Bonchev–Trinajstić information content (AvgIpc) is 3.23. The number of rotatable bonds is 6. The molecule has 1 heterocycles. The molecule has 1 saturated carbocycles. The molecule has 2 aromatic rings. The minimum absolute atomic E-state index is 0.0868. The molecule has 154 valence electrons. The summed E-state index contributed by atoms with van der Waals surface area (Å²) in [4.78, 5) is 13.5. The lowest BCUT2D eigenvalue weighted by Crippen LogP contribution is -2.53. The van der Waals surface area contributed by atoms with Gasteiger partial charge in [-0.25, -0.2) is 0 Å². The molecule has 0 bridgehead atoms. The van der Waals surface area contributed by atoms with Crippen LogP contribution < -0.4 is 5.32 Å². The number of nitrogens with one attached hydrogen (secondary N) is 1. The van der Waals surface area contributed by atoms with E-state index in [1.165, 1.54) is 0 Å². The highest BCUT2D eigenvalue weighted by Gasteiger charge is 2.48. The van der Waals surface area contributed by atoms with Gasteiger partial charge in [-0.1, -0.05) is 76.6 Å². The maximum Gasteiger partial charge on any atom is 0.228 e. The fourth-order valence-electron chi connectivity index (χ4n) is 4.65. The zero-order valence-corrected chi connectivity index (χ0v) is 18.2. The molecule has 0 aromatic heterocycles. The van der Waals surface area contributed by atoms with Crippen LogP contribution in [-0.2, 0) is 19.8 Å². The highest BCUT2D eigenvalue weighted by atomic mass is 79.9. The van der Waals surface area contributed by atoms with E-state index >= 15 is 0 Å². The van der Waals surface area contributed by atoms with Gasteiger partial charge < -0.3 is 14.8 Å². The normalized spacial score (nSPS) is 21.0. The Morgan fingerprint density at radius 1 is 0.931 bits per heavy atom. The van der Waals surface area contributed by atoms with E-state index in [4.69, 9.17) is 9.47 Å². The summed E-state index contributed by atoms with van der Waals surface area (Å²) in [7, 11) is 0. The lowest BCUT2D eigenvalue weighted by molar-refractivity contribution is -0.187. The van der Waals surface area contributed by atoms with Crippen molar-refractivity contribution < 1.29 is 14.3 Å². The third-order valence-corrected chi connectivity index (χ3v) is 6.74. The van der Waals surface area contributed by atoms with Crippen LogP contribution in [0.25, 0.3) is 0 Å². The molecule has 1 amide bonds. The van der Waals surface area contributed by atoms with Crippen LogP contribution in [0.15, 0.2) is 60.7 Å². The van der Waals surface area contributed by atoms with Crippen LogP contribution in [0.4, 0.5) is 0 Å². The Morgan fingerprint density at radius 2 is 1.52 bits per heavy atom. The smallest absolute Gasteiger partial charge is 0.228 e. The first kappa shape index (κ1) is 20.6. The van der Waals surface area contributed by atoms with E-state index in [2.05, 4.69) is 33.4 Å². The zero-order chi connectivity index (χ0) is 20.2. The van der Waals surface area contributed by atoms with Crippen molar-refractivity contribution in [2.45, 2.75) is 49.3 Å². The van der Waals surface area contributed by atoms with Gasteiger partial charge in [0.25, 0.3) is 0 Å². The molecule has 2 aliphatic rings. The van der Waals surface area contributed by atoms with E-state index in [-0.39, 0.29) is 11.8 Å². The molecule has 1 unspecified atom stereocenters. The lowest BCUT2D eigenvalue weighted by atomic mass is 9.73. The maximum absolute atomic E-state index is 13.5. The topological polar surface area (TPSA) is 47.6 Å². The predicted octanol–water partition coefficient (Wildman–Crippen LogP) is 4.88. The van der Waals surface area contributed by atoms with Crippen LogP contribution in [0.1, 0.15) is 49.1 Å². The molecule has 1 saturated heterocycles. The summed E-state index contributed by atoms with van der Waals surface area (Å²) in [6.07, 6.45) is 3.95. The Kier molecular flexibility index (Phi) is 6.38. The summed E-state index contributed by atoms with van der Waals surface area (Å²) in [5, 5.41) is 4.25. The van der Waals surface area contributed by atoms with E-state index in [9.17, 15) is 4.79 Å². The number of carbonyl (C=O) groups is 1. The van der Waals surface area contributed by atoms with Gasteiger partial charge >= 0.3 is 0 Å². The van der Waals surface area contributed by atoms with Gasteiger partial charge in [-0.3, -0.25) is 4.79 Å². The van der Waals surface area contributed by atoms with E-state index in [0.717, 1.165) is 48.6 Å². The minimum atomic E-state index is -0.461. The number of hydrogen-bond acceptors (Lipinski definition) is 3. The Hall–Kier alpha value is -1.69. The van der Waals surface area contributed by atoms with Crippen molar-refractivity contribution in [1.82, 2.24) is 5.32 Å². The monoisotopic (exact) mass is 457 g/mol. The fourth-order valence-corrected chi connectivity index (χ4v) is 5.11. The molecule has 1 aliphatic heterocycles. The van der Waals surface area contributed by atoms with Gasteiger partial charge in [0.05, 0.1) is 24.7 Å². The van der Waals surface area contributed by atoms with Crippen molar-refractivity contribution in [3.05, 3.63) is 71.8 Å². The van der Waals surface area contributed by atoms with Crippen LogP contribution in [0, 0.1) is 0 Å². The molecule has 2 aromatic carbocycles. The predicted molar refractivity (Wildman–Crippen MR) is 117 cm³/mol. The fraction of sp³-hybridized carbons (Fsp3) is 0.458. The van der Waals surface area contributed by atoms with Crippen molar-refractivity contribution in [2.24, 2.45) is 0 Å². The summed E-state index contributed by atoms with van der Waals surface area (Å²) in [6.45, 7) is 1.32. The Morgan fingerprint density at radius 3 is 2.10 bits per heavy atom. The second-order valence-corrected chi connectivity index (χ2v) is 8.78. The van der Waals surface area contributed by atoms with Gasteiger partial charge in [-0.15, -0.1) is 0 Å². The second kappa shape index (κ2) is 8.99. The summed E-state index contributed by atoms with van der Waals surface area (Å²) in [5.74, 6) is -0.549. The van der Waals surface area contributed by atoms with Gasteiger partial charge in [0.2, 0.25) is 5.91 Å². The molecule has 29 heavy (non-hydrogen) atoms. The number of alkyl halides is 1. The highest BCUT2D eigenvalue weighted by Crippen LogP contribution is 2.45. The van der Waals surface area contributed by atoms with Gasteiger partial charge in [0, 0.05) is 18.2 Å². The molecule has 4 rings (SSSR count). The van der Waals surface area contributed by atoms with Crippen molar-refractivity contribution in [2.75, 3.05) is 18.5 Å². The van der Waals surface area contributed by atoms with Crippen molar-refractivity contribution >= 4 is 21.8 Å². The molecule has 1 aliphatic carbocycles. The van der Waals surface area contributed by atoms with Crippen LogP contribution in [0.2, 0.25) is 0 Å². The molecule has 1 spiro atoms. The Bertz CT molecular complexity index is 795. The van der Waals surface area contributed by atoms with Crippen LogP contribution in [0.3, 0.4) is 0 Å². The van der Waals surface area contributed by atoms with E-state index < -0.39 is 11.3 Å². The first-order valence-corrected chi connectivity index (χ1v) is 11.5. The van der Waals surface area contributed by atoms with Gasteiger partial charge in [-0.05, 0) is 30.4 Å². The third kappa shape index (κ3) is 4.42. The quantitative estimate of drug-likeness (QED) is 0.628. The first-order chi connectivity index (χ1) is 14.2. The summed E-state index contributed by atoms with van der Waals surface area (Å²) < 4.78 is 11.9. The first-order valence-electron chi connectivity index (χ1n) is 10.4. The molecule has 5 heteroatoms. The standard InChI is InChI=1S/C24H28BrNO3/c25-16-11-21(19-7-3-1-4-8-19)22(27)26-23(20-9-5-2-6-10-20)12-14-24(15-13-23)28-17-18-29-24/h1-10,21H,11-18H2,(H,26,27). The molecule has 1 atom stereocenters. The van der Waals surface area contributed by atoms with Crippen LogP contribution in [0.5, 0.6) is 0 Å². The lowest BCUT2D eigenvalue weighted by Gasteiger charge is -2.45. The van der Waals surface area contributed by atoms with Crippen LogP contribution >= 0.6 is 15.9 Å². The van der Waals surface area contributed by atoms with Gasteiger partial charge in [-0.2, -0.15) is 0 Å². The molecular weight excluding hydrogens is 430 g/mol. The number of amides is 1. The Balaban J connectivity index is 1.59. The number of carbonyl (C=O) groups excluding carboxylic acids is 1.